The summed E-state index contributed by atoms with van der Waals surface area (Å²) in [5, 5.41) is 0. The van der Waals surface area contributed by atoms with Crippen molar-refractivity contribution in [1.82, 2.24) is 9.44 Å². The van der Waals surface area contributed by atoms with E-state index in [4.69, 9.17) is 14.2 Å². The van der Waals surface area contributed by atoms with Gasteiger partial charge >= 0.3 is 0 Å². The van der Waals surface area contributed by atoms with Crippen LogP contribution in [0.1, 0.15) is 50.7 Å². The first-order valence-corrected chi connectivity index (χ1v) is 14.0. The lowest BCUT2D eigenvalue weighted by atomic mass is 9.65. The van der Waals surface area contributed by atoms with Crippen molar-refractivity contribution in [2.24, 2.45) is 11.8 Å². The molecule has 5 rings (SSSR count). The first kappa shape index (κ1) is 24.3. The minimum atomic E-state index is 0.239. The van der Waals surface area contributed by atoms with E-state index in [1.54, 1.807) is 24.3 Å². The maximum absolute atomic E-state index is 5.93. The predicted molar refractivity (Wildman–Crippen MR) is 141 cm³/mol. The molecule has 1 aliphatic carbocycles. The Morgan fingerprint density at radius 3 is 1.82 bits per heavy atom. The smallest absolute Gasteiger partial charge is 0.119 e. The largest absolute Gasteiger partial charge is 0.544 e. The summed E-state index contributed by atoms with van der Waals surface area (Å²) < 4.78 is 26.6. The van der Waals surface area contributed by atoms with Crippen LogP contribution >= 0.6 is 24.3 Å². The minimum absolute atomic E-state index is 0.239. The molecule has 0 aromatic heterocycles. The number of nitrogens with zero attached hydrogens (tertiary/aromatic N) is 1. The molecule has 4 N–H and O–H groups in total. The Hall–Kier alpha value is -1.42. The normalized spacial score (nSPS) is 30.4. The van der Waals surface area contributed by atoms with Gasteiger partial charge in [0.2, 0.25) is 0 Å². The molecule has 0 bridgehead atoms. The van der Waals surface area contributed by atoms with Crippen molar-refractivity contribution in [3.63, 3.8) is 0 Å². The maximum Gasteiger partial charge on any atom is 0.119 e. The molecular formula is C26H36N4O2S2. The molecule has 2 aliphatic heterocycles. The van der Waals surface area contributed by atoms with Gasteiger partial charge in [-0.3, -0.25) is 0 Å². The molecule has 6 atom stereocenters. The Kier molecular flexibility index (Phi) is 7.63. The van der Waals surface area contributed by atoms with Gasteiger partial charge in [0.15, 0.2) is 0 Å². The number of nitrogens with two attached hydrogens (primary N) is 1. The highest BCUT2D eigenvalue weighted by molar-refractivity contribution is 7.95. The Bertz CT molecular complexity index is 843. The monoisotopic (exact) mass is 500 g/mol. The predicted octanol–water partition coefficient (Wildman–Crippen LogP) is 4.38. The van der Waals surface area contributed by atoms with E-state index < -0.39 is 0 Å². The van der Waals surface area contributed by atoms with E-state index in [9.17, 15) is 0 Å². The molecule has 0 spiro atoms. The van der Waals surface area contributed by atoms with Gasteiger partial charge in [-0.25, -0.2) is 9.44 Å². The van der Waals surface area contributed by atoms with Gasteiger partial charge in [-0.2, -0.15) is 0 Å². The fourth-order valence-corrected chi connectivity index (χ4v) is 7.10. The van der Waals surface area contributed by atoms with E-state index in [1.165, 1.54) is 11.1 Å². The lowest BCUT2D eigenvalue weighted by Crippen LogP contribution is -2.86. The van der Waals surface area contributed by atoms with Crippen molar-refractivity contribution in [1.29, 1.82) is 0 Å². The summed E-state index contributed by atoms with van der Waals surface area (Å²) in [4.78, 5) is 0. The third-order valence-electron chi connectivity index (χ3n) is 6.82. The quantitative estimate of drug-likeness (QED) is 0.467. The summed E-state index contributed by atoms with van der Waals surface area (Å²) in [6.07, 6.45) is 0. The summed E-state index contributed by atoms with van der Waals surface area (Å²) >= 11 is 3.26. The van der Waals surface area contributed by atoms with E-state index in [1.807, 2.05) is 0 Å². The van der Waals surface area contributed by atoms with Crippen molar-refractivity contribution < 1.29 is 14.2 Å². The number of quaternary nitrogens is 1. The van der Waals surface area contributed by atoms with Gasteiger partial charge in [-0.15, -0.1) is 0 Å². The van der Waals surface area contributed by atoms with Crippen molar-refractivity contribution in [3.05, 3.63) is 64.4 Å². The van der Waals surface area contributed by atoms with Crippen molar-refractivity contribution in [2.45, 2.75) is 63.7 Å². The maximum atomic E-state index is 5.93. The zero-order chi connectivity index (χ0) is 23.7. The van der Waals surface area contributed by atoms with E-state index in [2.05, 4.69) is 90.4 Å². The molecule has 1 saturated carbocycles. The molecule has 2 aromatic carbocycles. The van der Waals surface area contributed by atoms with E-state index >= 15 is 0 Å². The van der Waals surface area contributed by atoms with Crippen LogP contribution in [0.2, 0.25) is 0 Å². The zero-order valence-electron chi connectivity index (χ0n) is 20.3. The van der Waals surface area contributed by atoms with Gasteiger partial charge in [0, 0.05) is 24.2 Å². The second kappa shape index (κ2) is 10.7. The van der Waals surface area contributed by atoms with Crippen molar-refractivity contribution >= 4 is 24.3 Å². The standard InChI is InChI=1S/C26H35N4O2S2/c1-15(2)13-31-19-9-5-17(6-10-19)21-23-25(29-33-27-23)22(26-24(21)28-34-30-26)18-7-11-20(12-8-18)32-14-16(3)4/h5-12,15-16,21-29H,13-14H2,1-4H3/q-1/p+1. The summed E-state index contributed by atoms with van der Waals surface area (Å²) in [6, 6.07) is 18.7. The molecule has 0 amide bonds. The van der Waals surface area contributed by atoms with Crippen LogP contribution in [-0.4, -0.2) is 37.4 Å². The van der Waals surface area contributed by atoms with E-state index in [-0.39, 0.29) is 6.04 Å². The van der Waals surface area contributed by atoms with Crippen LogP contribution in [0.4, 0.5) is 0 Å². The number of ether oxygens (including phenoxy) is 2. The van der Waals surface area contributed by atoms with E-state index in [0.717, 1.165) is 24.7 Å². The first-order valence-electron chi connectivity index (χ1n) is 12.3. The molecule has 34 heavy (non-hydrogen) atoms. The number of hydrogen-bond donors (Lipinski definition) is 3. The lowest BCUT2D eigenvalue weighted by Gasteiger charge is -2.48. The molecule has 184 valence electrons. The number of fused-ring (bicyclic) bond motifs is 2. The average Bonchev–Trinajstić information content (AvgIpc) is 3.51. The van der Waals surface area contributed by atoms with Crippen LogP contribution in [0.25, 0.3) is 4.72 Å². The van der Waals surface area contributed by atoms with Crippen LogP contribution in [-0.2, 0) is 0 Å². The Labute approximate surface area is 212 Å². The lowest BCUT2D eigenvalue weighted by molar-refractivity contribution is -0.526. The molecule has 0 radical (unpaired) electrons. The van der Waals surface area contributed by atoms with Crippen molar-refractivity contribution in [3.8, 4) is 11.5 Å². The molecule has 8 heteroatoms. The van der Waals surface area contributed by atoms with Crippen molar-refractivity contribution in [2.75, 3.05) is 13.2 Å². The van der Waals surface area contributed by atoms with Crippen LogP contribution in [0.15, 0.2) is 48.5 Å². The summed E-state index contributed by atoms with van der Waals surface area (Å²) in [5.74, 6) is 3.59. The fraction of sp³-hybridized carbons (Fsp3) is 0.538. The Morgan fingerprint density at radius 1 is 0.794 bits per heavy atom. The first-order chi connectivity index (χ1) is 16.5. The molecule has 6 unspecified atom stereocenters. The Morgan fingerprint density at radius 2 is 1.29 bits per heavy atom. The summed E-state index contributed by atoms with van der Waals surface area (Å²) in [7, 11) is 0. The number of benzene rings is 2. The van der Waals surface area contributed by atoms with Crippen LogP contribution in [0.5, 0.6) is 11.5 Å². The molecule has 6 nitrogen and oxygen atoms in total. The van der Waals surface area contributed by atoms with Crippen LogP contribution < -0.4 is 23.6 Å². The highest BCUT2D eigenvalue weighted by Gasteiger charge is 2.53. The number of rotatable bonds is 8. The average molecular weight is 501 g/mol. The van der Waals surface area contributed by atoms with Gasteiger partial charge in [-0.05, 0) is 65.3 Å². The van der Waals surface area contributed by atoms with Crippen LogP contribution in [0, 0.1) is 11.8 Å². The second-order valence-electron chi connectivity index (χ2n) is 10.4. The Balaban J connectivity index is 1.38. The van der Waals surface area contributed by atoms with E-state index in [0.29, 0.717) is 41.8 Å². The SMILES string of the molecule is CC(C)COc1ccc(C2C3[N-]S[NH2+]C3C(c3ccc(OCC(C)C)cc3)C3NSNC32)cc1. The summed E-state index contributed by atoms with van der Waals surface area (Å²) in [5.41, 5.74) is 2.68. The molecule has 2 aromatic rings. The number of hydrogen-bond acceptors (Lipinski definition) is 6. The van der Waals surface area contributed by atoms with Gasteiger partial charge in [-0.1, -0.05) is 58.0 Å². The highest BCUT2D eigenvalue weighted by atomic mass is 32.2. The van der Waals surface area contributed by atoms with Gasteiger partial charge in [0.25, 0.3) is 0 Å². The summed E-state index contributed by atoms with van der Waals surface area (Å²) in [6.45, 7) is 10.2. The topological polar surface area (TPSA) is 73.2 Å². The zero-order valence-corrected chi connectivity index (χ0v) is 21.9. The fourth-order valence-electron chi connectivity index (χ4n) is 5.22. The highest BCUT2D eigenvalue weighted by Crippen LogP contribution is 2.49. The third-order valence-corrected chi connectivity index (χ3v) is 8.41. The molecule has 3 fully saturated rings. The second-order valence-corrected chi connectivity index (χ2v) is 11.8. The van der Waals surface area contributed by atoms with Gasteiger partial charge in [0.05, 0.1) is 25.2 Å². The molecular weight excluding hydrogens is 464 g/mol. The number of nitrogens with one attached hydrogen (secondary N) is 2. The van der Waals surface area contributed by atoms with Gasteiger partial charge < -0.3 is 18.9 Å². The van der Waals surface area contributed by atoms with Gasteiger partial charge in [0.1, 0.15) is 11.5 Å². The minimum Gasteiger partial charge on any atom is -0.544 e. The molecule has 2 saturated heterocycles. The third kappa shape index (κ3) is 5.08. The molecule has 2 heterocycles. The van der Waals surface area contributed by atoms with Crippen LogP contribution in [0.3, 0.4) is 0 Å². The molecule has 3 aliphatic rings.